The topological polar surface area (TPSA) is 79.5 Å². The van der Waals surface area contributed by atoms with E-state index in [4.69, 9.17) is 10.2 Å². The summed E-state index contributed by atoms with van der Waals surface area (Å²) in [5.41, 5.74) is 0.284. The summed E-state index contributed by atoms with van der Waals surface area (Å²) >= 11 is 1.32. The molecule has 0 amide bonds. The summed E-state index contributed by atoms with van der Waals surface area (Å²) in [7, 11) is 0. The maximum Gasteiger partial charge on any atom is 0.371 e. The van der Waals surface area contributed by atoms with E-state index in [-0.39, 0.29) is 5.69 Å². The van der Waals surface area contributed by atoms with Crippen LogP contribution in [0.4, 0.5) is 0 Å². The molecule has 5 nitrogen and oxygen atoms in total. The third-order valence-corrected chi connectivity index (χ3v) is 3.40. The third-order valence-electron chi connectivity index (χ3n) is 2.40. The van der Waals surface area contributed by atoms with E-state index in [1.165, 1.54) is 11.9 Å². The van der Waals surface area contributed by atoms with Crippen LogP contribution < -0.4 is 0 Å². The minimum atomic E-state index is -1.54. The SMILES string of the molecule is O=C(O)/C(O)=C/C(=O)c1cccn1Sc1ccccc1. The first-order chi connectivity index (χ1) is 9.58. The minimum Gasteiger partial charge on any atom is -0.502 e. The quantitative estimate of drug-likeness (QED) is 0.502. The number of aromatic nitrogens is 1. The van der Waals surface area contributed by atoms with E-state index in [1.807, 2.05) is 30.3 Å². The van der Waals surface area contributed by atoms with E-state index in [9.17, 15) is 9.59 Å². The van der Waals surface area contributed by atoms with Crippen LogP contribution in [0.3, 0.4) is 0 Å². The van der Waals surface area contributed by atoms with Crippen LogP contribution in [0, 0.1) is 0 Å². The van der Waals surface area contributed by atoms with Crippen LogP contribution in [-0.2, 0) is 4.79 Å². The largest absolute Gasteiger partial charge is 0.502 e. The van der Waals surface area contributed by atoms with Crippen LogP contribution in [-0.4, -0.2) is 25.9 Å². The normalized spacial score (nSPS) is 11.3. The van der Waals surface area contributed by atoms with Gasteiger partial charge in [-0.05, 0) is 36.2 Å². The zero-order valence-electron chi connectivity index (χ0n) is 10.3. The average molecular weight is 289 g/mol. The van der Waals surface area contributed by atoms with Crippen LogP contribution >= 0.6 is 11.9 Å². The number of allylic oxidation sites excluding steroid dienone is 1. The number of carbonyl (C=O) groups is 2. The van der Waals surface area contributed by atoms with Crippen LogP contribution in [0.25, 0.3) is 0 Å². The molecular formula is C14H11NO4S. The van der Waals surface area contributed by atoms with E-state index in [0.29, 0.717) is 6.08 Å². The van der Waals surface area contributed by atoms with Gasteiger partial charge in [-0.15, -0.1) is 0 Å². The molecule has 2 rings (SSSR count). The molecule has 0 atom stereocenters. The predicted molar refractivity (Wildman–Crippen MR) is 74.8 cm³/mol. The van der Waals surface area contributed by atoms with Gasteiger partial charge in [0.1, 0.15) is 0 Å². The van der Waals surface area contributed by atoms with Gasteiger partial charge in [0.25, 0.3) is 0 Å². The van der Waals surface area contributed by atoms with Gasteiger partial charge in [-0.25, -0.2) is 4.79 Å². The molecule has 1 aromatic heterocycles. The molecule has 2 aromatic rings. The summed E-state index contributed by atoms with van der Waals surface area (Å²) in [5.74, 6) is -3.09. The molecule has 20 heavy (non-hydrogen) atoms. The number of rotatable bonds is 5. The van der Waals surface area contributed by atoms with Crippen molar-refractivity contribution in [2.45, 2.75) is 4.90 Å². The first kappa shape index (κ1) is 14.0. The number of benzene rings is 1. The van der Waals surface area contributed by atoms with Gasteiger partial charge in [-0.2, -0.15) is 0 Å². The predicted octanol–water partition coefficient (Wildman–Crippen LogP) is 2.75. The van der Waals surface area contributed by atoms with Crippen molar-refractivity contribution in [1.82, 2.24) is 3.97 Å². The Hall–Kier alpha value is -2.47. The molecule has 0 saturated carbocycles. The highest BCUT2D eigenvalue weighted by atomic mass is 32.2. The molecule has 0 saturated heterocycles. The summed E-state index contributed by atoms with van der Waals surface area (Å²) in [6, 6.07) is 12.7. The number of nitrogens with zero attached hydrogens (tertiary/aromatic N) is 1. The zero-order chi connectivity index (χ0) is 14.5. The lowest BCUT2D eigenvalue weighted by molar-refractivity contribution is -0.135. The minimum absolute atomic E-state index is 0.284. The van der Waals surface area contributed by atoms with Crippen molar-refractivity contribution < 1.29 is 19.8 Å². The van der Waals surface area contributed by atoms with Crippen molar-refractivity contribution in [3.8, 4) is 0 Å². The monoisotopic (exact) mass is 289 g/mol. The Kier molecular flexibility index (Phi) is 4.27. The fourth-order valence-electron chi connectivity index (χ4n) is 1.49. The van der Waals surface area contributed by atoms with Gasteiger partial charge >= 0.3 is 5.97 Å². The molecule has 1 heterocycles. The molecule has 0 unspecified atom stereocenters. The van der Waals surface area contributed by atoms with Gasteiger partial charge < -0.3 is 10.2 Å². The second-order valence-electron chi connectivity index (χ2n) is 3.82. The highest BCUT2D eigenvalue weighted by molar-refractivity contribution is 7.97. The second kappa shape index (κ2) is 6.12. The molecule has 0 fully saturated rings. The standard InChI is InChI=1S/C14H11NO4S/c16-12(9-13(17)14(18)19)11-7-4-8-15(11)20-10-5-2-1-3-6-10/h1-9,17H,(H,18,19)/b13-9-. The van der Waals surface area contributed by atoms with Gasteiger partial charge in [-0.3, -0.25) is 8.77 Å². The van der Waals surface area contributed by atoms with Crippen molar-refractivity contribution in [2.24, 2.45) is 0 Å². The number of aliphatic hydroxyl groups excluding tert-OH is 1. The smallest absolute Gasteiger partial charge is 0.371 e. The van der Waals surface area contributed by atoms with Crippen LogP contribution in [0.2, 0.25) is 0 Å². The lowest BCUT2D eigenvalue weighted by atomic mass is 10.2. The molecule has 0 bridgehead atoms. The van der Waals surface area contributed by atoms with E-state index < -0.39 is 17.5 Å². The van der Waals surface area contributed by atoms with Gasteiger partial charge in [0, 0.05) is 17.2 Å². The first-order valence-corrected chi connectivity index (χ1v) is 6.44. The van der Waals surface area contributed by atoms with Crippen molar-refractivity contribution in [3.63, 3.8) is 0 Å². The summed E-state index contributed by atoms with van der Waals surface area (Å²) in [6.45, 7) is 0. The Morgan fingerprint density at radius 2 is 1.75 bits per heavy atom. The average Bonchev–Trinajstić information content (AvgIpc) is 2.88. The summed E-state index contributed by atoms with van der Waals surface area (Å²) in [6.07, 6.45) is 2.39. The summed E-state index contributed by atoms with van der Waals surface area (Å²) < 4.78 is 1.61. The summed E-state index contributed by atoms with van der Waals surface area (Å²) in [5, 5.41) is 17.7. The molecule has 0 aliphatic carbocycles. The van der Waals surface area contributed by atoms with E-state index in [0.717, 1.165) is 4.90 Å². The molecule has 0 spiro atoms. The molecule has 0 radical (unpaired) electrons. The van der Waals surface area contributed by atoms with Gasteiger partial charge in [0.15, 0.2) is 0 Å². The number of carboxylic acid groups (broad SMARTS) is 1. The van der Waals surface area contributed by atoms with Crippen LogP contribution in [0.1, 0.15) is 10.5 Å². The van der Waals surface area contributed by atoms with Crippen LogP contribution in [0.15, 0.2) is 65.4 Å². The zero-order valence-corrected chi connectivity index (χ0v) is 11.1. The first-order valence-electron chi connectivity index (χ1n) is 5.67. The number of ketones is 1. The van der Waals surface area contributed by atoms with Gasteiger partial charge in [0.05, 0.1) is 5.69 Å². The lowest BCUT2D eigenvalue weighted by Gasteiger charge is -2.05. The Morgan fingerprint density at radius 1 is 1.05 bits per heavy atom. The Bertz CT molecular complexity index is 661. The number of carboxylic acids is 1. The lowest BCUT2D eigenvalue weighted by Crippen LogP contribution is -2.06. The molecule has 0 aliphatic heterocycles. The Labute approximate surface area is 119 Å². The maximum absolute atomic E-state index is 11.9. The highest BCUT2D eigenvalue weighted by Crippen LogP contribution is 2.22. The number of carbonyl (C=O) groups excluding carboxylic acids is 1. The summed E-state index contributed by atoms with van der Waals surface area (Å²) in [4.78, 5) is 23.3. The van der Waals surface area contributed by atoms with E-state index >= 15 is 0 Å². The van der Waals surface area contributed by atoms with Gasteiger partial charge in [-0.1, -0.05) is 18.2 Å². The van der Waals surface area contributed by atoms with E-state index in [2.05, 4.69) is 0 Å². The second-order valence-corrected chi connectivity index (χ2v) is 4.87. The van der Waals surface area contributed by atoms with Crippen molar-refractivity contribution in [2.75, 3.05) is 0 Å². The van der Waals surface area contributed by atoms with Gasteiger partial charge in [0.2, 0.25) is 11.5 Å². The number of hydrogen-bond donors (Lipinski definition) is 2. The third kappa shape index (κ3) is 3.30. The highest BCUT2D eigenvalue weighted by Gasteiger charge is 2.13. The fraction of sp³-hybridized carbons (Fsp3) is 0. The molecule has 102 valence electrons. The molecule has 6 heteroatoms. The van der Waals surface area contributed by atoms with Crippen molar-refractivity contribution >= 4 is 23.7 Å². The molecule has 2 N–H and O–H groups in total. The number of aliphatic carboxylic acids is 1. The molecular weight excluding hydrogens is 278 g/mol. The fourth-order valence-corrected chi connectivity index (χ4v) is 2.38. The molecule has 1 aromatic carbocycles. The Balaban J connectivity index is 2.23. The van der Waals surface area contributed by atoms with Crippen molar-refractivity contribution in [1.29, 1.82) is 0 Å². The maximum atomic E-state index is 11.9. The number of aliphatic hydroxyl groups is 1. The van der Waals surface area contributed by atoms with Crippen LogP contribution in [0.5, 0.6) is 0 Å². The molecule has 0 aliphatic rings. The number of hydrogen-bond acceptors (Lipinski definition) is 4. The van der Waals surface area contributed by atoms with Crippen molar-refractivity contribution in [3.05, 3.63) is 66.2 Å². The van der Waals surface area contributed by atoms with E-state index in [1.54, 1.807) is 22.3 Å². The Morgan fingerprint density at radius 3 is 2.40 bits per heavy atom.